The van der Waals surface area contributed by atoms with E-state index in [1.807, 2.05) is 12.1 Å². The summed E-state index contributed by atoms with van der Waals surface area (Å²) in [6.45, 7) is 4.62. The lowest BCUT2D eigenvalue weighted by atomic mass is 9.71. The van der Waals surface area contributed by atoms with Gasteiger partial charge in [0.05, 0.1) is 6.26 Å². The van der Waals surface area contributed by atoms with Gasteiger partial charge in [-0.15, -0.1) is 0 Å². The summed E-state index contributed by atoms with van der Waals surface area (Å²) in [6, 6.07) is 3.70. The van der Waals surface area contributed by atoms with E-state index in [1.54, 1.807) is 6.26 Å². The molecule has 84 valence electrons. The van der Waals surface area contributed by atoms with Crippen LogP contribution >= 0.6 is 0 Å². The number of hydrogen-bond donors (Lipinski definition) is 1. The van der Waals surface area contributed by atoms with Crippen LogP contribution in [-0.4, -0.2) is 5.11 Å². The van der Waals surface area contributed by atoms with Crippen LogP contribution in [0.15, 0.2) is 22.8 Å². The van der Waals surface area contributed by atoms with E-state index in [-0.39, 0.29) is 0 Å². The van der Waals surface area contributed by atoms with E-state index in [9.17, 15) is 5.11 Å². The standard InChI is InChI=1S/C13H20O2/c1-13(2)7-5-10(6-8-13)12(14)11-4-3-9-15-11/h3-4,9-10,12,14H,5-8H2,1-2H3. The van der Waals surface area contributed by atoms with Crippen LogP contribution in [0.4, 0.5) is 0 Å². The van der Waals surface area contributed by atoms with Gasteiger partial charge in [-0.05, 0) is 49.1 Å². The quantitative estimate of drug-likeness (QED) is 0.806. The Morgan fingerprint density at radius 1 is 1.40 bits per heavy atom. The summed E-state index contributed by atoms with van der Waals surface area (Å²) in [4.78, 5) is 0. The van der Waals surface area contributed by atoms with Crippen LogP contribution in [0, 0.1) is 11.3 Å². The highest BCUT2D eigenvalue weighted by Gasteiger charge is 2.32. The minimum absolute atomic E-state index is 0.379. The summed E-state index contributed by atoms with van der Waals surface area (Å²) in [6.07, 6.45) is 5.84. The zero-order valence-corrected chi connectivity index (χ0v) is 9.57. The van der Waals surface area contributed by atoms with E-state index in [4.69, 9.17) is 4.42 Å². The lowest BCUT2D eigenvalue weighted by Gasteiger charge is -2.35. The first-order valence-electron chi connectivity index (χ1n) is 5.80. The second-order valence-electron chi connectivity index (χ2n) is 5.46. The second kappa shape index (κ2) is 4.01. The third-order valence-corrected chi connectivity index (χ3v) is 3.67. The van der Waals surface area contributed by atoms with Crippen molar-refractivity contribution in [3.63, 3.8) is 0 Å². The largest absolute Gasteiger partial charge is 0.467 e. The Morgan fingerprint density at radius 2 is 2.07 bits per heavy atom. The van der Waals surface area contributed by atoms with Crippen LogP contribution in [0.1, 0.15) is 51.4 Å². The Morgan fingerprint density at radius 3 is 2.60 bits per heavy atom. The minimum Gasteiger partial charge on any atom is -0.467 e. The molecule has 1 aliphatic rings. The van der Waals surface area contributed by atoms with E-state index in [0.717, 1.165) is 18.6 Å². The molecule has 1 aliphatic carbocycles. The zero-order valence-electron chi connectivity index (χ0n) is 9.57. The highest BCUT2D eigenvalue weighted by molar-refractivity contribution is 5.03. The average Bonchev–Trinajstić information content (AvgIpc) is 2.69. The van der Waals surface area contributed by atoms with Gasteiger partial charge in [-0.3, -0.25) is 0 Å². The average molecular weight is 208 g/mol. The molecule has 1 fully saturated rings. The Labute approximate surface area is 91.3 Å². The number of aliphatic hydroxyl groups is 1. The van der Waals surface area contributed by atoms with E-state index in [2.05, 4.69) is 13.8 Å². The topological polar surface area (TPSA) is 33.4 Å². The summed E-state index contributed by atoms with van der Waals surface area (Å²) < 4.78 is 5.25. The molecule has 1 aromatic heterocycles. The third-order valence-electron chi connectivity index (χ3n) is 3.67. The predicted octanol–water partition coefficient (Wildman–Crippen LogP) is 3.53. The lowest BCUT2D eigenvalue weighted by molar-refractivity contribution is 0.0417. The summed E-state index contributed by atoms with van der Waals surface area (Å²) in [5.74, 6) is 1.10. The highest BCUT2D eigenvalue weighted by atomic mass is 16.4. The maximum absolute atomic E-state index is 10.1. The summed E-state index contributed by atoms with van der Waals surface area (Å²) in [7, 11) is 0. The molecular weight excluding hydrogens is 188 g/mol. The van der Waals surface area contributed by atoms with Gasteiger partial charge in [0, 0.05) is 0 Å². The van der Waals surface area contributed by atoms with Crippen LogP contribution in [0.25, 0.3) is 0 Å². The van der Waals surface area contributed by atoms with Gasteiger partial charge in [-0.25, -0.2) is 0 Å². The Balaban J connectivity index is 1.96. The molecule has 0 amide bonds. The Bertz CT molecular complexity index is 290. The molecule has 0 bridgehead atoms. The maximum Gasteiger partial charge on any atom is 0.132 e. The Kier molecular flexibility index (Phi) is 2.87. The number of rotatable bonds is 2. The van der Waals surface area contributed by atoms with Crippen LogP contribution in [0.5, 0.6) is 0 Å². The van der Waals surface area contributed by atoms with Gasteiger partial charge in [-0.2, -0.15) is 0 Å². The van der Waals surface area contributed by atoms with Crippen molar-refractivity contribution in [2.75, 3.05) is 0 Å². The SMILES string of the molecule is CC1(C)CCC(C(O)c2ccco2)CC1. The molecule has 0 saturated heterocycles. The van der Waals surface area contributed by atoms with Gasteiger partial charge >= 0.3 is 0 Å². The fourth-order valence-electron chi connectivity index (χ4n) is 2.43. The molecule has 1 aromatic rings. The monoisotopic (exact) mass is 208 g/mol. The maximum atomic E-state index is 10.1. The number of aliphatic hydroxyl groups excluding tert-OH is 1. The van der Waals surface area contributed by atoms with E-state index in [1.165, 1.54) is 12.8 Å². The minimum atomic E-state index is -0.406. The molecule has 1 N–H and O–H groups in total. The van der Waals surface area contributed by atoms with Crippen LogP contribution in [0.2, 0.25) is 0 Å². The predicted molar refractivity (Wildman–Crippen MR) is 59.4 cm³/mol. The van der Waals surface area contributed by atoms with Gasteiger partial charge in [0.1, 0.15) is 11.9 Å². The van der Waals surface area contributed by atoms with Crippen molar-refractivity contribution in [2.24, 2.45) is 11.3 Å². The number of furan rings is 1. The smallest absolute Gasteiger partial charge is 0.132 e. The fraction of sp³-hybridized carbons (Fsp3) is 0.692. The van der Waals surface area contributed by atoms with Crippen molar-refractivity contribution in [2.45, 2.75) is 45.6 Å². The molecule has 15 heavy (non-hydrogen) atoms. The molecule has 1 saturated carbocycles. The third kappa shape index (κ3) is 2.43. The molecule has 1 atom stereocenters. The van der Waals surface area contributed by atoms with Crippen LogP contribution in [-0.2, 0) is 0 Å². The van der Waals surface area contributed by atoms with Crippen LogP contribution < -0.4 is 0 Å². The lowest BCUT2D eigenvalue weighted by Crippen LogP contribution is -2.24. The van der Waals surface area contributed by atoms with E-state index >= 15 is 0 Å². The second-order valence-corrected chi connectivity index (χ2v) is 5.46. The van der Waals surface area contributed by atoms with Gasteiger partial charge in [-0.1, -0.05) is 13.8 Å². The first kappa shape index (κ1) is 10.7. The zero-order chi connectivity index (χ0) is 10.9. The molecule has 1 unspecified atom stereocenters. The fourth-order valence-corrected chi connectivity index (χ4v) is 2.43. The molecule has 2 nitrogen and oxygen atoms in total. The molecule has 0 aliphatic heterocycles. The van der Waals surface area contributed by atoms with Gasteiger partial charge in [0.25, 0.3) is 0 Å². The normalized spacial score (nSPS) is 23.9. The van der Waals surface area contributed by atoms with Crippen molar-refractivity contribution in [1.82, 2.24) is 0 Å². The van der Waals surface area contributed by atoms with Crippen molar-refractivity contribution in [3.05, 3.63) is 24.2 Å². The van der Waals surface area contributed by atoms with Gasteiger partial charge in [0.2, 0.25) is 0 Å². The first-order valence-corrected chi connectivity index (χ1v) is 5.80. The Hall–Kier alpha value is -0.760. The number of hydrogen-bond acceptors (Lipinski definition) is 2. The highest BCUT2D eigenvalue weighted by Crippen LogP contribution is 2.42. The van der Waals surface area contributed by atoms with Gasteiger partial charge < -0.3 is 9.52 Å². The molecular formula is C13H20O2. The molecule has 0 radical (unpaired) electrons. The molecule has 0 aromatic carbocycles. The summed E-state index contributed by atoms with van der Waals surface area (Å²) in [5, 5.41) is 10.1. The van der Waals surface area contributed by atoms with Crippen molar-refractivity contribution >= 4 is 0 Å². The molecule has 2 rings (SSSR count). The molecule has 2 heteroatoms. The first-order chi connectivity index (χ1) is 7.08. The summed E-state index contributed by atoms with van der Waals surface area (Å²) >= 11 is 0. The van der Waals surface area contributed by atoms with Gasteiger partial charge in [0.15, 0.2) is 0 Å². The van der Waals surface area contributed by atoms with E-state index < -0.39 is 6.10 Å². The van der Waals surface area contributed by atoms with Crippen molar-refractivity contribution < 1.29 is 9.52 Å². The van der Waals surface area contributed by atoms with Crippen LogP contribution in [0.3, 0.4) is 0 Å². The molecule has 1 heterocycles. The van der Waals surface area contributed by atoms with Crippen molar-refractivity contribution in [3.8, 4) is 0 Å². The van der Waals surface area contributed by atoms with Crippen molar-refractivity contribution in [1.29, 1.82) is 0 Å². The van der Waals surface area contributed by atoms with E-state index in [0.29, 0.717) is 11.3 Å². The molecule has 0 spiro atoms. The summed E-state index contributed by atoms with van der Waals surface area (Å²) in [5.41, 5.74) is 0.458.